The van der Waals surface area contributed by atoms with Crippen molar-refractivity contribution in [2.24, 2.45) is 5.92 Å². The highest BCUT2D eigenvalue weighted by molar-refractivity contribution is 5.94. The van der Waals surface area contributed by atoms with Gasteiger partial charge in [-0.1, -0.05) is 0 Å². The summed E-state index contributed by atoms with van der Waals surface area (Å²) in [4.78, 5) is 31.8. The minimum absolute atomic E-state index is 0.0102. The number of pyridine rings is 1. The summed E-state index contributed by atoms with van der Waals surface area (Å²) in [5.74, 6) is 0.0253. The first-order chi connectivity index (χ1) is 9.63. The third-order valence-corrected chi connectivity index (χ3v) is 4.26. The van der Waals surface area contributed by atoms with Gasteiger partial charge < -0.3 is 14.5 Å². The second-order valence-electron chi connectivity index (χ2n) is 5.29. The number of carbonyl (C=O) groups excluding carboxylic acids is 2. The zero-order valence-electron chi connectivity index (χ0n) is 11.5. The predicted octanol–water partition coefficient (Wildman–Crippen LogP) is 0.00920. The lowest BCUT2D eigenvalue weighted by molar-refractivity contribution is -0.136. The second kappa shape index (κ2) is 4.86. The lowest BCUT2D eigenvalue weighted by Gasteiger charge is -2.21. The molecule has 2 aliphatic rings. The molecule has 0 N–H and O–H groups in total. The number of ether oxygens (including phenoxy) is 1. The maximum Gasteiger partial charge on any atom is 0.255 e. The number of hydrogen-bond acceptors (Lipinski definition) is 4. The fourth-order valence-corrected chi connectivity index (χ4v) is 3.18. The highest BCUT2D eigenvalue weighted by Crippen LogP contribution is 2.33. The quantitative estimate of drug-likeness (QED) is 0.763. The number of rotatable bonds is 2. The molecule has 3 rings (SSSR count). The van der Waals surface area contributed by atoms with E-state index in [-0.39, 0.29) is 23.8 Å². The number of fused-ring (bicyclic) bond motifs is 1. The summed E-state index contributed by atoms with van der Waals surface area (Å²) in [7, 11) is 3.32. The van der Waals surface area contributed by atoms with Gasteiger partial charge >= 0.3 is 0 Å². The molecule has 106 valence electrons. The maximum absolute atomic E-state index is 12.4. The summed E-state index contributed by atoms with van der Waals surface area (Å²) in [5.41, 5.74) is 0.579. The zero-order valence-corrected chi connectivity index (χ0v) is 11.5. The van der Waals surface area contributed by atoms with Crippen molar-refractivity contribution in [1.82, 2.24) is 14.8 Å². The number of nitrogens with zero attached hydrogens (tertiary/aromatic N) is 3. The smallest absolute Gasteiger partial charge is 0.255 e. The molecule has 0 spiro atoms. The fraction of sp³-hybridized carbons (Fsp3) is 0.500. The number of likely N-dealkylation sites (tertiary alicyclic amines) is 2. The van der Waals surface area contributed by atoms with Crippen LogP contribution in [0.25, 0.3) is 0 Å². The van der Waals surface area contributed by atoms with Gasteiger partial charge in [0.25, 0.3) is 11.8 Å². The van der Waals surface area contributed by atoms with Crippen molar-refractivity contribution < 1.29 is 14.3 Å². The van der Waals surface area contributed by atoms with Crippen molar-refractivity contribution in [2.75, 3.05) is 27.2 Å². The molecule has 2 saturated heterocycles. The van der Waals surface area contributed by atoms with Gasteiger partial charge in [-0.05, 0) is 12.1 Å². The van der Waals surface area contributed by atoms with Gasteiger partial charge in [0.1, 0.15) is 6.10 Å². The van der Waals surface area contributed by atoms with Crippen LogP contribution in [0.1, 0.15) is 10.4 Å². The Balaban J connectivity index is 1.78. The highest BCUT2D eigenvalue weighted by Gasteiger charge is 2.52. The van der Waals surface area contributed by atoms with Gasteiger partial charge in [0, 0.05) is 45.6 Å². The van der Waals surface area contributed by atoms with E-state index in [9.17, 15) is 9.59 Å². The first-order valence-electron chi connectivity index (χ1n) is 6.62. The van der Waals surface area contributed by atoms with Crippen LogP contribution < -0.4 is 0 Å². The molecule has 0 aliphatic carbocycles. The van der Waals surface area contributed by atoms with Crippen LogP contribution in [0.4, 0.5) is 0 Å². The van der Waals surface area contributed by atoms with Crippen LogP contribution in [-0.2, 0) is 9.53 Å². The van der Waals surface area contributed by atoms with Gasteiger partial charge in [-0.15, -0.1) is 0 Å². The Bertz CT molecular complexity index is 534. The van der Waals surface area contributed by atoms with Crippen LogP contribution in [0, 0.1) is 5.92 Å². The molecule has 0 unspecified atom stereocenters. The number of carbonyl (C=O) groups is 2. The summed E-state index contributed by atoms with van der Waals surface area (Å²) in [6.45, 7) is 1.10. The van der Waals surface area contributed by atoms with Gasteiger partial charge in [0.2, 0.25) is 0 Å². The molecule has 20 heavy (non-hydrogen) atoms. The molecule has 0 saturated carbocycles. The van der Waals surface area contributed by atoms with Crippen molar-refractivity contribution in [2.45, 2.75) is 12.1 Å². The van der Waals surface area contributed by atoms with Crippen molar-refractivity contribution in [3.05, 3.63) is 30.1 Å². The largest absolute Gasteiger partial charge is 0.371 e. The molecule has 1 aromatic rings. The minimum atomic E-state index is -0.434. The molecule has 6 heteroatoms. The Labute approximate surface area is 117 Å². The second-order valence-corrected chi connectivity index (χ2v) is 5.29. The topological polar surface area (TPSA) is 62.7 Å². The van der Waals surface area contributed by atoms with E-state index in [1.807, 2.05) is 0 Å². The maximum atomic E-state index is 12.4. The van der Waals surface area contributed by atoms with Crippen molar-refractivity contribution in [3.8, 4) is 0 Å². The molecule has 2 amide bonds. The van der Waals surface area contributed by atoms with E-state index < -0.39 is 6.10 Å². The lowest BCUT2D eigenvalue weighted by Crippen LogP contribution is -2.38. The highest BCUT2D eigenvalue weighted by atomic mass is 16.5. The average molecular weight is 275 g/mol. The molecule has 6 nitrogen and oxygen atoms in total. The number of aromatic nitrogens is 1. The third-order valence-electron chi connectivity index (χ3n) is 4.26. The van der Waals surface area contributed by atoms with Gasteiger partial charge in [0.15, 0.2) is 0 Å². The van der Waals surface area contributed by atoms with Gasteiger partial charge in [-0.25, -0.2) is 0 Å². The van der Waals surface area contributed by atoms with E-state index in [0.29, 0.717) is 18.7 Å². The van der Waals surface area contributed by atoms with Crippen LogP contribution in [0.15, 0.2) is 24.5 Å². The zero-order chi connectivity index (χ0) is 14.3. The van der Waals surface area contributed by atoms with E-state index in [2.05, 4.69) is 4.98 Å². The fourth-order valence-electron chi connectivity index (χ4n) is 3.18. The third kappa shape index (κ3) is 1.87. The number of amides is 2. The van der Waals surface area contributed by atoms with Crippen molar-refractivity contribution >= 4 is 11.8 Å². The van der Waals surface area contributed by atoms with E-state index >= 15 is 0 Å². The van der Waals surface area contributed by atoms with Crippen molar-refractivity contribution in [3.63, 3.8) is 0 Å². The molecule has 0 radical (unpaired) electrons. The summed E-state index contributed by atoms with van der Waals surface area (Å²) in [6.07, 6.45) is 2.78. The first kappa shape index (κ1) is 13.1. The summed E-state index contributed by atoms with van der Waals surface area (Å²) < 4.78 is 5.30. The van der Waals surface area contributed by atoms with Crippen LogP contribution >= 0.6 is 0 Å². The standard InChI is InChI=1S/C14H17N3O3/c1-16-11-8-17(7-10(11)12(20-2)14(16)19)13(18)9-4-3-5-15-6-9/h3-6,10-12H,7-8H2,1-2H3/t10-,11+,12-/m0/s1. The van der Waals surface area contributed by atoms with Crippen LogP contribution in [0.2, 0.25) is 0 Å². The van der Waals surface area contributed by atoms with E-state index in [4.69, 9.17) is 4.74 Å². The SMILES string of the molecule is CO[C@@H]1C(=O)N(C)[C@@H]2CN(C(=O)c3cccnc3)C[C@H]12. The Morgan fingerprint density at radius 2 is 2.25 bits per heavy atom. The molecular formula is C14H17N3O3. The van der Waals surface area contributed by atoms with E-state index in [0.717, 1.165) is 0 Å². The molecule has 0 bridgehead atoms. The Kier molecular flexibility index (Phi) is 3.17. The molecule has 3 atom stereocenters. The van der Waals surface area contributed by atoms with Gasteiger partial charge in [-0.2, -0.15) is 0 Å². The monoisotopic (exact) mass is 275 g/mol. The van der Waals surface area contributed by atoms with Crippen LogP contribution in [-0.4, -0.2) is 66.0 Å². The van der Waals surface area contributed by atoms with Gasteiger partial charge in [0.05, 0.1) is 11.6 Å². The summed E-state index contributed by atoms with van der Waals surface area (Å²) in [6, 6.07) is 3.55. The number of likely N-dealkylation sites (N-methyl/N-ethyl adjacent to an activating group) is 1. The normalized spacial score (nSPS) is 28.9. The molecule has 2 aliphatic heterocycles. The molecule has 3 heterocycles. The summed E-state index contributed by atoms with van der Waals surface area (Å²) in [5, 5.41) is 0. The lowest BCUT2D eigenvalue weighted by atomic mass is 10.0. The van der Waals surface area contributed by atoms with Crippen LogP contribution in [0.5, 0.6) is 0 Å². The molecule has 1 aromatic heterocycles. The van der Waals surface area contributed by atoms with Crippen molar-refractivity contribution in [1.29, 1.82) is 0 Å². The average Bonchev–Trinajstić information content (AvgIpc) is 3.00. The van der Waals surface area contributed by atoms with Crippen LogP contribution in [0.3, 0.4) is 0 Å². The minimum Gasteiger partial charge on any atom is -0.371 e. The number of hydrogen-bond donors (Lipinski definition) is 0. The Hall–Kier alpha value is -1.95. The molecule has 2 fully saturated rings. The Morgan fingerprint density at radius 3 is 2.90 bits per heavy atom. The van der Waals surface area contributed by atoms with E-state index in [1.165, 1.54) is 0 Å². The predicted molar refractivity (Wildman–Crippen MR) is 71.0 cm³/mol. The van der Waals surface area contributed by atoms with Gasteiger partial charge in [-0.3, -0.25) is 14.6 Å². The number of methoxy groups -OCH3 is 1. The molecule has 0 aromatic carbocycles. The summed E-state index contributed by atoms with van der Waals surface area (Å²) >= 11 is 0. The molecular weight excluding hydrogens is 258 g/mol. The first-order valence-corrected chi connectivity index (χ1v) is 6.62. The Morgan fingerprint density at radius 1 is 1.45 bits per heavy atom. The van der Waals surface area contributed by atoms with E-state index in [1.54, 1.807) is 48.5 Å².